The van der Waals surface area contributed by atoms with Crippen LogP contribution >= 0.6 is 0 Å². The van der Waals surface area contributed by atoms with Gasteiger partial charge in [-0.25, -0.2) is 4.79 Å². The van der Waals surface area contributed by atoms with E-state index in [0.29, 0.717) is 13.0 Å². The molecule has 1 aromatic rings. The first-order valence-electron chi connectivity index (χ1n) is 9.26. The third kappa shape index (κ3) is 3.23. The monoisotopic (exact) mass is 393 g/mol. The molecule has 1 unspecified atom stereocenters. The predicted octanol–water partition coefficient (Wildman–Crippen LogP) is 2.85. The summed E-state index contributed by atoms with van der Waals surface area (Å²) < 4.78 is 28.1. The van der Waals surface area contributed by atoms with E-state index in [1.807, 2.05) is 13.8 Å². The zero-order valence-electron chi connectivity index (χ0n) is 16.0. The van der Waals surface area contributed by atoms with Crippen molar-refractivity contribution in [2.24, 2.45) is 5.92 Å². The third-order valence-electron chi connectivity index (χ3n) is 6.20. The van der Waals surface area contributed by atoms with E-state index in [4.69, 9.17) is 23.7 Å². The van der Waals surface area contributed by atoms with E-state index < -0.39 is 17.2 Å². The molecule has 6 atom stereocenters. The zero-order chi connectivity index (χ0) is 20.1. The van der Waals surface area contributed by atoms with E-state index in [1.165, 1.54) is 24.3 Å². The van der Waals surface area contributed by atoms with Gasteiger partial charge in [0.05, 0.1) is 29.2 Å². The van der Waals surface area contributed by atoms with Crippen LogP contribution in [0.1, 0.15) is 26.7 Å². The average Bonchev–Trinajstić information content (AvgIpc) is 3.55. The topological polar surface area (TPSA) is 113 Å². The van der Waals surface area contributed by atoms with E-state index in [9.17, 15) is 14.9 Å². The lowest BCUT2D eigenvalue weighted by Gasteiger charge is -2.42. The lowest BCUT2D eigenvalue weighted by molar-refractivity contribution is -0.384. The van der Waals surface area contributed by atoms with Crippen molar-refractivity contribution < 1.29 is 33.4 Å². The van der Waals surface area contributed by atoms with Crippen LogP contribution in [-0.2, 0) is 18.9 Å². The summed E-state index contributed by atoms with van der Waals surface area (Å²) in [5.41, 5.74) is -0.735. The van der Waals surface area contributed by atoms with Gasteiger partial charge in [-0.05, 0) is 38.8 Å². The van der Waals surface area contributed by atoms with Crippen molar-refractivity contribution >= 4 is 11.8 Å². The minimum atomic E-state index is -0.873. The van der Waals surface area contributed by atoms with Crippen LogP contribution in [0.2, 0.25) is 0 Å². The predicted molar refractivity (Wildman–Crippen MR) is 95.1 cm³/mol. The number of nitro groups is 1. The summed E-state index contributed by atoms with van der Waals surface area (Å²) in [5, 5.41) is 10.7. The summed E-state index contributed by atoms with van der Waals surface area (Å²) in [6.07, 6.45) is -0.323. The molecule has 0 amide bonds. The molecule has 1 saturated carbocycles. The van der Waals surface area contributed by atoms with Gasteiger partial charge in [-0.2, -0.15) is 0 Å². The first-order valence-corrected chi connectivity index (χ1v) is 9.26. The quantitative estimate of drug-likeness (QED) is 0.247. The van der Waals surface area contributed by atoms with Crippen molar-refractivity contribution in [2.75, 3.05) is 13.7 Å². The summed E-state index contributed by atoms with van der Waals surface area (Å²) in [7, 11) is 1.59. The number of carbonyl (C=O) groups excluding carboxylic acids is 1. The number of benzene rings is 1. The molecule has 1 aliphatic carbocycles. The SMILES string of the molecule is CO[C@H]1C([C@@]2(C)O[C@@H]2C)[C@]2(CC[C@H]1OC(=O)Oc1ccc([N+](=O)[O-])cc1)CO2. The summed E-state index contributed by atoms with van der Waals surface area (Å²) in [4.78, 5) is 22.5. The normalized spacial score (nSPS) is 38.7. The van der Waals surface area contributed by atoms with Crippen LogP contribution < -0.4 is 4.74 Å². The Bertz CT molecular complexity index is 775. The number of epoxide rings is 2. The van der Waals surface area contributed by atoms with Gasteiger partial charge in [-0.3, -0.25) is 10.1 Å². The number of rotatable bonds is 5. The van der Waals surface area contributed by atoms with Crippen molar-refractivity contribution in [1.29, 1.82) is 0 Å². The van der Waals surface area contributed by atoms with Gasteiger partial charge in [-0.15, -0.1) is 0 Å². The van der Waals surface area contributed by atoms with E-state index in [0.717, 1.165) is 6.42 Å². The van der Waals surface area contributed by atoms with Gasteiger partial charge in [0, 0.05) is 19.2 Å². The molecule has 9 nitrogen and oxygen atoms in total. The molecule has 0 bridgehead atoms. The van der Waals surface area contributed by atoms with Crippen molar-refractivity contribution in [3.05, 3.63) is 34.4 Å². The molecule has 2 heterocycles. The second kappa shape index (κ2) is 6.68. The summed E-state index contributed by atoms with van der Waals surface area (Å²) >= 11 is 0. The average molecular weight is 393 g/mol. The maximum atomic E-state index is 12.3. The summed E-state index contributed by atoms with van der Waals surface area (Å²) in [5.74, 6) is 0.121. The Hall–Kier alpha value is -2.23. The van der Waals surface area contributed by atoms with Gasteiger partial charge in [0.2, 0.25) is 0 Å². The molecule has 2 saturated heterocycles. The van der Waals surface area contributed by atoms with Crippen molar-refractivity contribution in [3.63, 3.8) is 0 Å². The van der Waals surface area contributed by atoms with Gasteiger partial charge in [0.25, 0.3) is 5.69 Å². The number of hydrogen-bond donors (Lipinski definition) is 0. The van der Waals surface area contributed by atoms with Crippen molar-refractivity contribution in [3.8, 4) is 5.75 Å². The fourth-order valence-corrected chi connectivity index (χ4v) is 4.45. The minimum absolute atomic E-state index is 0.0501. The molecular formula is C19H23NO8. The lowest BCUT2D eigenvalue weighted by atomic mass is 9.68. The van der Waals surface area contributed by atoms with Gasteiger partial charge in [0.15, 0.2) is 0 Å². The van der Waals surface area contributed by atoms with Crippen molar-refractivity contribution in [2.45, 2.75) is 56.2 Å². The van der Waals surface area contributed by atoms with Crippen LogP contribution in [0, 0.1) is 16.0 Å². The van der Waals surface area contributed by atoms with Gasteiger partial charge in [0.1, 0.15) is 23.6 Å². The highest BCUT2D eigenvalue weighted by molar-refractivity contribution is 5.64. The van der Waals surface area contributed by atoms with Crippen LogP contribution in [0.15, 0.2) is 24.3 Å². The van der Waals surface area contributed by atoms with Crippen LogP contribution in [-0.4, -0.2) is 54.3 Å². The van der Waals surface area contributed by atoms with Crippen LogP contribution in [0.5, 0.6) is 5.75 Å². The molecule has 2 aliphatic heterocycles. The second-order valence-corrected chi connectivity index (χ2v) is 7.77. The summed E-state index contributed by atoms with van der Waals surface area (Å²) in [6.45, 7) is 4.70. The number of non-ortho nitro benzene ring substituents is 1. The molecule has 9 heteroatoms. The molecule has 28 heavy (non-hydrogen) atoms. The minimum Gasteiger partial charge on any atom is -0.428 e. The molecular weight excluding hydrogens is 370 g/mol. The fourth-order valence-electron chi connectivity index (χ4n) is 4.45. The van der Waals surface area contributed by atoms with Gasteiger partial charge >= 0.3 is 6.16 Å². The Kier molecular flexibility index (Phi) is 4.56. The molecule has 3 fully saturated rings. The van der Waals surface area contributed by atoms with E-state index >= 15 is 0 Å². The smallest absolute Gasteiger partial charge is 0.428 e. The summed E-state index contributed by atoms with van der Waals surface area (Å²) in [6, 6.07) is 5.23. The van der Waals surface area contributed by atoms with E-state index in [2.05, 4.69) is 0 Å². The number of methoxy groups -OCH3 is 1. The fraction of sp³-hybridized carbons (Fsp3) is 0.632. The second-order valence-electron chi connectivity index (χ2n) is 7.77. The molecule has 1 aromatic carbocycles. The molecule has 152 valence electrons. The maximum Gasteiger partial charge on any atom is 0.514 e. The highest BCUT2D eigenvalue weighted by Crippen LogP contribution is 2.58. The first-order chi connectivity index (χ1) is 13.3. The molecule has 1 spiro atoms. The van der Waals surface area contributed by atoms with E-state index in [1.54, 1.807) is 7.11 Å². The zero-order valence-corrected chi connectivity index (χ0v) is 16.0. The number of nitrogens with zero attached hydrogens (tertiary/aromatic N) is 1. The Morgan fingerprint density at radius 2 is 1.96 bits per heavy atom. The third-order valence-corrected chi connectivity index (χ3v) is 6.20. The van der Waals surface area contributed by atoms with Crippen LogP contribution in [0.4, 0.5) is 10.5 Å². The Morgan fingerprint density at radius 3 is 2.46 bits per heavy atom. The Labute approximate surface area is 162 Å². The Balaban J connectivity index is 1.43. The Morgan fingerprint density at radius 1 is 1.32 bits per heavy atom. The standard InChI is InChI=1S/C19H23NO8/c1-11-18(2,28-11)16-15(24-3)14(8-9-19(16)10-25-19)27-17(21)26-13-6-4-12(5-7-13)20(22)23/h4-7,11,14-16H,8-10H2,1-3H3/t11-,14-,15-,16?,18+,19+/m1/s1. The number of nitro benzene ring substituents is 1. The highest BCUT2D eigenvalue weighted by Gasteiger charge is 2.71. The maximum absolute atomic E-state index is 12.3. The lowest BCUT2D eigenvalue weighted by Crippen LogP contribution is -2.55. The van der Waals surface area contributed by atoms with Gasteiger partial charge < -0.3 is 23.7 Å². The molecule has 4 rings (SSSR count). The van der Waals surface area contributed by atoms with Crippen molar-refractivity contribution in [1.82, 2.24) is 0 Å². The largest absolute Gasteiger partial charge is 0.514 e. The molecule has 3 aliphatic rings. The molecule has 0 N–H and O–H groups in total. The number of hydrogen-bond acceptors (Lipinski definition) is 8. The molecule has 0 radical (unpaired) electrons. The van der Waals surface area contributed by atoms with Crippen LogP contribution in [0.3, 0.4) is 0 Å². The highest BCUT2D eigenvalue weighted by atomic mass is 16.7. The number of ether oxygens (including phenoxy) is 5. The molecule has 0 aromatic heterocycles. The van der Waals surface area contributed by atoms with E-state index in [-0.39, 0.29) is 40.8 Å². The first kappa shape index (κ1) is 19.1. The van der Waals surface area contributed by atoms with Gasteiger partial charge in [-0.1, -0.05) is 0 Å². The number of carbonyl (C=O) groups is 1. The van der Waals surface area contributed by atoms with Crippen LogP contribution in [0.25, 0.3) is 0 Å².